The van der Waals surface area contributed by atoms with Crippen LogP contribution in [0.4, 0.5) is 11.4 Å². The van der Waals surface area contributed by atoms with E-state index in [0.717, 1.165) is 5.69 Å². The number of nitrogens with zero attached hydrogens (tertiary/aromatic N) is 3. The molecular formula is C13H11N5. The summed E-state index contributed by atoms with van der Waals surface area (Å²) in [5.74, 6) is 0.370. The molecule has 2 N–H and O–H groups in total. The Hall–Kier alpha value is -2.87. The number of aromatic nitrogens is 1. The Kier molecular flexibility index (Phi) is 3.88. The number of benzene rings is 1. The van der Waals surface area contributed by atoms with Gasteiger partial charge in [0.2, 0.25) is 5.96 Å². The monoisotopic (exact) mass is 237 g/mol. The fraction of sp³-hybridized carbons (Fsp3) is 0. The highest BCUT2D eigenvalue weighted by Gasteiger charge is 1.99. The molecule has 1 aromatic carbocycles. The molecule has 5 heteroatoms. The minimum atomic E-state index is 0.370. The van der Waals surface area contributed by atoms with Gasteiger partial charge in [-0.15, -0.1) is 0 Å². The van der Waals surface area contributed by atoms with Crippen molar-refractivity contribution in [3.63, 3.8) is 0 Å². The van der Waals surface area contributed by atoms with Gasteiger partial charge in [0.05, 0.1) is 5.69 Å². The summed E-state index contributed by atoms with van der Waals surface area (Å²) in [7, 11) is 0. The van der Waals surface area contributed by atoms with Crippen LogP contribution in [0.5, 0.6) is 0 Å². The van der Waals surface area contributed by atoms with E-state index in [1.54, 1.807) is 24.5 Å². The lowest BCUT2D eigenvalue weighted by Crippen LogP contribution is -2.26. The lowest BCUT2D eigenvalue weighted by molar-refractivity contribution is 1.23. The van der Waals surface area contributed by atoms with Crippen LogP contribution < -0.4 is 10.6 Å². The maximum atomic E-state index is 8.70. The molecule has 1 aromatic heterocycles. The van der Waals surface area contributed by atoms with Gasteiger partial charge in [-0.25, -0.2) is 4.99 Å². The second kappa shape index (κ2) is 6.01. The maximum Gasteiger partial charge on any atom is 0.214 e. The largest absolute Gasteiger partial charge is 0.325 e. The number of nitriles is 1. The molecule has 0 saturated carbocycles. The highest BCUT2D eigenvalue weighted by molar-refractivity contribution is 5.96. The lowest BCUT2D eigenvalue weighted by Gasteiger charge is -2.07. The number of guanidine groups is 1. The molecule has 88 valence electrons. The number of para-hydroxylation sites is 1. The molecule has 0 unspecified atom stereocenters. The van der Waals surface area contributed by atoms with Crippen LogP contribution in [0.25, 0.3) is 0 Å². The number of hydrogen-bond acceptors (Lipinski definition) is 3. The number of pyridine rings is 1. The van der Waals surface area contributed by atoms with E-state index < -0.39 is 0 Å². The molecule has 5 nitrogen and oxygen atoms in total. The molecule has 2 aromatic rings. The van der Waals surface area contributed by atoms with Crippen molar-refractivity contribution in [3.05, 3.63) is 54.9 Å². The smallest absolute Gasteiger partial charge is 0.214 e. The molecule has 0 aliphatic rings. The van der Waals surface area contributed by atoms with E-state index in [2.05, 4.69) is 20.6 Å². The second-order valence-corrected chi connectivity index (χ2v) is 3.39. The van der Waals surface area contributed by atoms with Crippen LogP contribution in [0.15, 0.2) is 59.9 Å². The average molecular weight is 237 g/mol. The maximum absolute atomic E-state index is 8.70. The summed E-state index contributed by atoms with van der Waals surface area (Å²) in [4.78, 5) is 8.18. The Morgan fingerprint density at radius 2 is 1.83 bits per heavy atom. The minimum absolute atomic E-state index is 0.370. The number of aliphatic imine (C=N–C) groups is 1. The average Bonchev–Trinajstić information content (AvgIpc) is 2.41. The van der Waals surface area contributed by atoms with E-state index in [1.165, 1.54) is 0 Å². The first-order valence-electron chi connectivity index (χ1n) is 5.34. The quantitative estimate of drug-likeness (QED) is 0.363. The number of hydrogen-bond donors (Lipinski definition) is 2. The van der Waals surface area contributed by atoms with Crippen LogP contribution in [0.3, 0.4) is 0 Å². The van der Waals surface area contributed by atoms with Crippen molar-refractivity contribution in [3.8, 4) is 6.19 Å². The summed E-state index contributed by atoms with van der Waals surface area (Å²) in [6.45, 7) is 0. The molecule has 0 fully saturated rings. The summed E-state index contributed by atoms with van der Waals surface area (Å²) in [6.07, 6.45) is 5.14. The van der Waals surface area contributed by atoms with E-state index >= 15 is 0 Å². The number of nitrogens with one attached hydrogen (secondary N) is 2. The minimum Gasteiger partial charge on any atom is -0.325 e. The predicted octanol–water partition coefficient (Wildman–Crippen LogP) is 2.25. The fourth-order valence-corrected chi connectivity index (χ4v) is 1.35. The van der Waals surface area contributed by atoms with E-state index in [1.807, 2.05) is 36.5 Å². The predicted molar refractivity (Wildman–Crippen MR) is 70.1 cm³/mol. The van der Waals surface area contributed by atoms with Crippen molar-refractivity contribution >= 4 is 17.3 Å². The van der Waals surface area contributed by atoms with Gasteiger partial charge in [-0.1, -0.05) is 18.2 Å². The normalized spacial score (nSPS) is 10.5. The molecular weight excluding hydrogens is 226 g/mol. The first-order chi connectivity index (χ1) is 8.88. The molecule has 0 saturated heterocycles. The molecule has 0 aliphatic heterocycles. The van der Waals surface area contributed by atoms with Crippen molar-refractivity contribution < 1.29 is 0 Å². The van der Waals surface area contributed by atoms with Gasteiger partial charge in [-0.3, -0.25) is 10.3 Å². The third-order valence-electron chi connectivity index (χ3n) is 2.11. The van der Waals surface area contributed by atoms with Gasteiger partial charge >= 0.3 is 0 Å². The van der Waals surface area contributed by atoms with Crippen molar-refractivity contribution in [2.24, 2.45) is 4.99 Å². The molecule has 0 amide bonds. The van der Waals surface area contributed by atoms with Crippen LogP contribution in [-0.4, -0.2) is 10.9 Å². The van der Waals surface area contributed by atoms with Crippen LogP contribution >= 0.6 is 0 Å². The zero-order valence-corrected chi connectivity index (χ0v) is 9.54. The lowest BCUT2D eigenvalue weighted by atomic mass is 10.3. The van der Waals surface area contributed by atoms with Gasteiger partial charge in [0, 0.05) is 18.1 Å². The Balaban J connectivity index is 2.19. The highest BCUT2D eigenvalue weighted by atomic mass is 15.2. The van der Waals surface area contributed by atoms with Crippen LogP contribution in [0.2, 0.25) is 0 Å². The van der Waals surface area contributed by atoms with Gasteiger partial charge in [-0.05, 0) is 24.3 Å². The molecule has 2 rings (SSSR count). The Morgan fingerprint density at radius 1 is 1.11 bits per heavy atom. The Labute approximate surface area is 105 Å². The third kappa shape index (κ3) is 3.32. The fourth-order valence-electron chi connectivity index (χ4n) is 1.35. The Morgan fingerprint density at radius 3 is 2.50 bits per heavy atom. The van der Waals surface area contributed by atoms with Crippen molar-refractivity contribution in [1.29, 1.82) is 5.26 Å². The second-order valence-electron chi connectivity index (χ2n) is 3.39. The van der Waals surface area contributed by atoms with Gasteiger partial charge in [0.25, 0.3) is 0 Å². The standard InChI is InChI=1S/C13H11N5/c14-10-16-13(17-11-4-2-1-3-5-11)18-12-6-8-15-9-7-12/h1-9H,(H2,15,16,17,18). The molecule has 1 heterocycles. The summed E-state index contributed by atoms with van der Waals surface area (Å²) in [6, 6.07) is 13.0. The molecule has 0 aliphatic carbocycles. The summed E-state index contributed by atoms with van der Waals surface area (Å²) >= 11 is 0. The van der Waals surface area contributed by atoms with Gasteiger partial charge in [0.15, 0.2) is 6.19 Å². The molecule has 0 radical (unpaired) electrons. The number of rotatable bonds is 2. The van der Waals surface area contributed by atoms with Gasteiger partial charge in [-0.2, -0.15) is 5.26 Å². The van der Waals surface area contributed by atoms with Crippen molar-refractivity contribution in [1.82, 2.24) is 10.3 Å². The summed E-state index contributed by atoms with van der Waals surface area (Å²) in [5.41, 5.74) is 1.57. The van der Waals surface area contributed by atoms with Crippen LogP contribution in [-0.2, 0) is 0 Å². The van der Waals surface area contributed by atoms with E-state index in [4.69, 9.17) is 5.26 Å². The highest BCUT2D eigenvalue weighted by Crippen LogP contribution is 2.10. The summed E-state index contributed by atoms with van der Waals surface area (Å²) < 4.78 is 0. The molecule has 0 atom stereocenters. The first-order valence-corrected chi connectivity index (χ1v) is 5.34. The summed E-state index contributed by atoms with van der Waals surface area (Å²) in [5, 5.41) is 14.2. The zero-order valence-electron chi connectivity index (χ0n) is 9.54. The Bertz CT molecular complexity index is 557. The van der Waals surface area contributed by atoms with Crippen LogP contribution in [0.1, 0.15) is 0 Å². The topological polar surface area (TPSA) is 73.1 Å². The van der Waals surface area contributed by atoms with Gasteiger partial charge in [0.1, 0.15) is 0 Å². The SMILES string of the molecule is N#CNC(=Nc1ccncc1)Nc1ccccc1. The zero-order chi connectivity index (χ0) is 12.6. The van der Waals surface area contributed by atoms with Crippen LogP contribution in [0, 0.1) is 11.5 Å². The molecule has 18 heavy (non-hydrogen) atoms. The third-order valence-corrected chi connectivity index (χ3v) is 2.11. The molecule has 0 spiro atoms. The molecule has 0 bridgehead atoms. The van der Waals surface area contributed by atoms with E-state index in [0.29, 0.717) is 11.6 Å². The van der Waals surface area contributed by atoms with E-state index in [9.17, 15) is 0 Å². The van der Waals surface area contributed by atoms with Crippen molar-refractivity contribution in [2.75, 3.05) is 5.32 Å². The van der Waals surface area contributed by atoms with E-state index in [-0.39, 0.29) is 0 Å². The van der Waals surface area contributed by atoms with Crippen molar-refractivity contribution in [2.45, 2.75) is 0 Å². The van der Waals surface area contributed by atoms with Gasteiger partial charge < -0.3 is 5.32 Å². The first kappa shape index (κ1) is 11.6. The number of anilines is 1.